The molecule has 0 aromatic carbocycles. The number of amides is 3. The first-order chi connectivity index (χ1) is 9.88. The molecule has 116 valence electrons. The fourth-order valence-corrected chi connectivity index (χ4v) is 2.63. The molecule has 0 aliphatic rings. The van der Waals surface area contributed by atoms with E-state index < -0.39 is 23.9 Å². The minimum atomic E-state index is -1.21. The second kappa shape index (κ2) is 8.48. The van der Waals surface area contributed by atoms with E-state index in [1.807, 2.05) is 6.07 Å². The average molecular weight is 334 g/mol. The van der Waals surface area contributed by atoms with E-state index in [4.69, 9.17) is 22.4 Å². The van der Waals surface area contributed by atoms with Crippen molar-refractivity contribution in [2.45, 2.75) is 25.3 Å². The number of nitrogens with one attached hydrogen (secondary N) is 2. The molecule has 1 rings (SSSR count). The molecular weight excluding hydrogens is 318 g/mol. The quantitative estimate of drug-likeness (QED) is 0.566. The van der Waals surface area contributed by atoms with Crippen LogP contribution < -0.4 is 16.4 Å². The lowest BCUT2D eigenvalue weighted by atomic mass is 10.1. The Morgan fingerprint density at radius 1 is 1.38 bits per heavy atom. The van der Waals surface area contributed by atoms with Crippen LogP contribution in [0.4, 0.5) is 4.79 Å². The van der Waals surface area contributed by atoms with Gasteiger partial charge in [-0.3, -0.25) is 4.79 Å². The van der Waals surface area contributed by atoms with Gasteiger partial charge in [-0.15, -0.1) is 11.3 Å². The fourth-order valence-electron chi connectivity index (χ4n) is 1.54. The molecule has 1 heterocycles. The first-order valence-corrected chi connectivity index (χ1v) is 7.37. The summed E-state index contributed by atoms with van der Waals surface area (Å²) in [6.07, 6.45) is 0.452. The number of primary amides is 1. The van der Waals surface area contributed by atoms with Crippen LogP contribution in [0.1, 0.15) is 17.7 Å². The van der Waals surface area contributed by atoms with Crippen molar-refractivity contribution in [1.29, 1.82) is 0 Å². The van der Waals surface area contributed by atoms with Crippen molar-refractivity contribution in [2.24, 2.45) is 5.73 Å². The zero-order valence-electron chi connectivity index (χ0n) is 11.1. The van der Waals surface area contributed by atoms with E-state index in [2.05, 4.69) is 10.6 Å². The van der Waals surface area contributed by atoms with Gasteiger partial charge in [0.25, 0.3) is 0 Å². The molecular formula is C12H16ClN3O4S. The maximum absolute atomic E-state index is 11.6. The summed E-state index contributed by atoms with van der Waals surface area (Å²) in [5.74, 6) is -1.82. The molecule has 9 heteroatoms. The molecule has 0 saturated carbocycles. The van der Waals surface area contributed by atoms with Crippen LogP contribution in [-0.2, 0) is 16.0 Å². The first kappa shape index (κ1) is 17.3. The minimum Gasteiger partial charge on any atom is -0.480 e. The lowest BCUT2D eigenvalue weighted by Crippen LogP contribution is -2.46. The van der Waals surface area contributed by atoms with E-state index in [1.165, 1.54) is 11.3 Å². The molecule has 5 N–H and O–H groups in total. The van der Waals surface area contributed by atoms with Crippen molar-refractivity contribution < 1.29 is 19.5 Å². The molecule has 1 aromatic heterocycles. The highest BCUT2D eigenvalue weighted by Crippen LogP contribution is 2.21. The molecule has 0 aliphatic heterocycles. The van der Waals surface area contributed by atoms with Gasteiger partial charge in [-0.1, -0.05) is 11.6 Å². The van der Waals surface area contributed by atoms with Gasteiger partial charge in [0.05, 0.1) is 4.34 Å². The number of carboxylic acid groups (broad SMARTS) is 1. The highest BCUT2D eigenvalue weighted by atomic mass is 35.5. The number of carbonyl (C=O) groups excluding carboxylic acids is 2. The average Bonchev–Trinajstić information content (AvgIpc) is 2.79. The van der Waals surface area contributed by atoms with Crippen molar-refractivity contribution in [3.05, 3.63) is 21.3 Å². The minimum absolute atomic E-state index is 0.0430. The van der Waals surface area contributed by atoms with Gasteiger partial charge in [-0.2, -0.15) is 0 Å². The van der Waals surface area contributed by atoms with Crippen molar-refractivity contribution in [3.8, 4) is 0 Å². The molecule has 7 nitrogen and oxygen atoms in total. The van der Waals surface area contributed by atoms with E-state index in [1.54, 1.807) is 6.07 Å². The second-order valence-corrected chi connectivity index (χ2v) is 6.05. The lowest BCUT2D eigenvalue weighted by Gasteiger charge is -2.14. The lowest BCUT2D eigenvalue weighted by molar-refractivity contribution is -0.139. The van der Waals surface area contributed by atoms with Crippen molar-refractivity contribution >= 4 is 40.8 Å². The third kappa shape index (κ3) is 6.96. The number of urea groups is 1. The summed E-state index contributed by atoms with van der Waals surface area (Å²) in [6.45, 7) is 0.352. The largest absolute Gasteiger partial charge is 0.480 e. The van der Waals surface area contributed by atoms with Crippen LogP contribution in [0.3, 0.4) is 0 Å². The Bertz CT molecular complexity index is 520. The van der Waals surface area contributed by atoms with Crippen molar-refractivity contribution in [1.82, 2.24) is 10.6 Å². The fraction of sp³-hybridized carbons (Fsp3) is 0.417. The molecule has 1 atom stereocenters. The van der Waals surface area contributed by atoms with Gasteiger partial charge >= 0.3 is 12.0 Å². The van der Waals surface area contributed by atoms with Crippen molar-refractivity contribution in [3.63, 3.8) is 0 Å². The zero-order valence-corrected chi connectivity index (χ0v) is 12.7. The standard InChI is InChI=1S/C12H16ClN3O4S/c13-9-3-1-7(21-9)5-6-15-12(20)16-8(11(18)19)2-4-10(14)17/h1,3,8H,2,4-6H2,(H2,14,17)(H,18,19)(H2,15,16,20)/t8-/m0/s1. The molecule has 0 aliphatic carbocycles. The van der Waals surface area contributed by atoms with E-state index >= 15 is 0 Å². The smallest absolute Gasteiger partial charge is 0.326 e. The van der Waals surface area contributed by atoms with Gasteiger partial charge in [0, 0.05) is 17.8 Å². The third-order valence-electron chi connectivity index (χ3n) is 2.57. The summed E-state index contributed by atoms with van der Waals surface area (Å²) in [6, 6.07) is 1.88. The Morgan fingerprint density at radius 2 is 2.10 bits per heavy atom. The summed E-state index contributed by atoms with van der Waals surface area (Å²) < 4.78 is 0.673. The number of hydrogen-bond donors (Lipinski definition) is 4. The van der Waals surface area contributed by atoms with Gasteiger partial charge in [0.1, 0.15) is 6.04 Å². The Morgan fingerprint density at radius 3 is 2.62 bits per heavy atom. The molecule has 1 aromatic rings. The Kier molecular flexibility index (Phi) is 6.97. The van der Waals surface area contributed by atoms with Gasteiger partial charge in [0.15, 0.2) is 0 Å². The van der Waals surface area contributed by atoms with E-state index in [0.717, 1.165) is 4.88 Å². The van der Waals surface area contributed by atoms with E-state index in [-0.39, 0.29) is 12.8 Å². The SMILES string of the molecule is NC(=O)CC[C@H](NC(=O)NCCc1ccc(Cl)s1)C(=O)O. The number of thiophene rings is 1. The van der Waals surface area contributed by atoms with Crippen molar-refractivity contribution in [2.75, 3.05) is 6.54 Å². The molecule has 0 radical (unpaired) electrons. The third-order valence-corrected chi connectivity index (χ3v) is 3.86. The van der Waals surface area contributed by atoms with Gasteiger partial charge in [-0.05, 0) is 25.0 Å². The maximum atomic E-state index is 11.6. The molecule has 3 amide bonds. The summed E-state index contributed by atoms with van der Waals surface area (Å²) >= 11 is 7.20. The van der Waals surface area contributed by atoms with Gasteiger partial charge < -0.3 is 21.5 Å². The van der Waals surface area contributed by atoms with Crippen LogP contribution in [0.15, 0.2) is 12.1 Å². The van der Waals surface area contributed by atoms with E-state index in [0.29, 0.717) is 17.3 Å². The number of halogens is 1. The summed E-state index contributed by atoms with van der Waals surface area (Å²) in [4.78, 5) is 34.2. The van der Waals surface area contributed by atoms with Crippen LogP contribution in [0, 0.1) is 0 Å². The monoisotopic (exact) mass is 333 g/mol. The van der Waals surface area contributed by atoms with Crippen LogP contribution in [0.2, 0.25) is 4.34 Å². The number of nitrogens with two attached hydrogens (primary N) is 1. The summed E-state index contributed by atoms with van der Waals surface area (Å²) in [5, 5.41) is 13.8. The molecule has 0 unspecified atom stereocenters. The van der Waals surface area contributed by atoms with Gasteiger partial charge in [-0.25, -0.2) is 9.59 Å². The summed E-state index contributed by atoms with van der Waals surface area (Å²) in [7, 11) is 0. The Hall–Kier alpha value is -1.80. The summed E-state index contributed by atoms with van der Waals surface area (Å²) in [5.41, 5.74) is 4.95. The number of rotatable bonds is 8. The van der Waals surface area contributed by atoms with Crippen LogP contribution in [-0.4, -0.2) is 35.6 Å². The highest BCUT2D eigenvalue weighted by Gasteiger charge is 2.20. The molecule has 0 bridgehead atoms. The molecule has 0 saturated heterocycles. The molecule has 0 spiro atoms. The Balaban J connectivity index is 2.32. The number of aliphatic carboxylic acids is 1. The first-order valence-electron chi connectivity index (χ1n) is 6.18. The normalized spacial score (nSPS) is 11.7. The zero-order chi connectivity index (χ0) is 15.8. The highest BCUT2D eigenvalue weighted by molar-refractivity contribution is 7.16. The number of hydrogen-bond acceptors (Lipinski definition) is 4. The van der Waals surface area contributed by atoms with Gasteiger partial charge in [0.2, 0.25) is 5.91 Å². The topological polar surface area (TPSA) is 122 Å². The van der Waals surface area contributed by atoms with Crippen LogP contribution in [0.25, 0.3) is 0 Å². The maximum Gasteiger partial charge on any atom is 0.326 e. The van der Waals surface area contributed by atoms with Crippen LogP contribution in [0.5, 0.6) is 0 Å². The number of carboxylic acids is 1. The molecule has 21 heavy (non-hydrogen) atoms. The van der Waals surface area contributed by atoms with Crippen LogP contribution >= 0.6 is 22.9 Å². The predicted molar refractivity (Wildman–Crippen MR) is 79.4 cm³/mol. The predicted octanol–water partition coefficient (Wildman–Crippen LogP) is 0.962. The second-order valence-electron chi connectivity index (χ2n) is 4.25. The molecule has 0 fully saturated rings. The van der Waals surface area contributed by atoms with E-state index in [9.17, 15) is 14.4 Å². The Labute approximate surface area is 130 Å². The number of carbonyl (C=O) groups is 3.